The van der Waals surface area contributed by atoms with Crippen molar-refractivity contribution in [1.82, 2.24) is 5.32 Å². The average Bonchev–Trinajstić information content (AvgIpc) is 2.17. The van der Waals surface area contributed by atoms with Gasteiger partial charge in [-0.15, -0.1) is 0 Å². The molecule has 1 heterocycles. The fraction of sp³-hybridized carbons (Fsp3) is 0.455. The molecule has 0 bridgehead atoms. The van der Waals surface area contributed by atoms with Crippen molar-refractivity contribution in [3.8, 4) is 0 Å². The molecule has 1 aromatic rings. The summed E-state index contributed by atoms with van der Waals surface area (Å²) in [4.78, 5) is 0. The van der Waals surface area contributed by atoms with Gasteiger partial charge >= 0.3 is 0 Å². The molecule has 0 aliphatic carbocycles. The fourth-order valence-electron chi connectivity index (χ4n) is 1.93. The summed E-state index contributed by atoms with van der Waals surface area (Å²) in [7, 11) is 0. The molecule has 1 nitrogen and oxygen atoms in total. The van der Waals surface area contributed by atoms with Gasteiger partial charge in [0.15, 0.2) is 0 Å². The first-order valence-corrected chi connectivity index (χ1v) is 4.96. The normalized spacial score (nSPS) is 26.6. The molecule has 82 valence electrons. The van der Waals surface area contributed by atoms with Gasteiger partial charge in [0.25, 0.3) is 0 Å². The maximum Gasteiger partial charge on any atom is 0.148 e. The molecule has 1 aromatic carbocycles. The van der Waals surface area contributed by atoms with E-state index in [4.69, 9.17) is 0 Å². The minimum atomic E-state index is -1.64. The maximum atomic E-state index is 14.3. The zero-order valence-corrected chi connectivity index (χ0v) is 8.19. The highest BCUT2D eigenvalue weighted by Crippen LogP contribution is 2.33. The lowest BCUT2D eigenvalue weighted by Crippen LogP contribution is -2.40. The number of hydrogen-bond acceptors (Lipinski definition) is 1. The first-order chi connectivity index (χ1) is 7.10. The molecule has 0 aromatic heterocycles. The van der Waals surface area contributed by atoms with Crippen LogP contribution in [0.3, 0.4) is 0 Å². The molecule has 1 aliphatic rings. The van der Waals surface area contributed by atoms with E-state index in [9.17, 15) is 13.2 Å². The van der Waals surface area contributed by atoms with Crippen molar-refractivity contribution in [2.24, 2.45) is 0 Å². The number of hydrogen-bond donors (Lipinski definition) is 1. The molecule has 0 saturated carbocycles. The molecule has 1 atom stereocenters. The van der Waals surface area contributed by atoms with Crippen molar-refractivity contribution in [3.63, 3.8) is 0 Å². The van der Waals surface area contributed by atoms with Gasteiger partial charge in [0.2, 0.25) is 0 Å². The van der Waals surface area contributed by atoms with Gasteiger partial charge in [0.05, 0.1) is 0 Å². The molecule has 1 aliphatic heterocycles. The van der Waals surface area contributed by atoms with Crippen LogP contribution in [0.25, 0.3) is 0 Å². The third-order valence-electron chi connectivity index (χ3n) is 2.71. The molecule has 0 radical (unpaired) electrons. The number of benzene rings is 1. The minimum Gasteiger partial charge on any atom is -0.313 e. The molecule has 4 heteroatoms. The molecule has 15 heavy (non-hydrogen) atoms. The fourth-order valence-corrected chi connectivity index (χ4v) is 1.93. The number of nitrogens with one attached hydrogen (secondary N) is 1. The van der Waals surface area contributed by atoms with E-state index >= 15 is 0 Å². The van der Waals surface area contributed by atoms with Crippen LogP contribution < -0.4 is 5.32 Å². The Bertz CT molecular complexity index is 339. The molecule has 0 spiro atoms. The first kappa shape index (κ1) is 10.5. The summed E-state index contributed by atoms with van der Waals surface area (Å²) in [5.41, 5.74) is -1.55. The Kier molecular flexibility index (Phi) is 2.69. The van der Waals surface area contributed by atoms with E-state index in [2.05, 4.69) is 5.32 Å². The van der Waals surface area contributed by atoms with E-state index in [1.807, 2.05) is 0 Å². The van der Waals surface area contributed by atoms with Crippen molar-refractivity contribution in [2.75, 3.05) is 13.1 Å². The Hall–Kier alpha value is -1.03. The Morgan fingerprint density at radius 1 is 1.13 bits per heavy atom. The van der Waals surface area contributed by atoms with Crippen LogP contribution in [0.5, 0.6) is 0 Å². The van der Waals surface area contributed by atoms with Crippen LogP contribution in [0, 0.1) is 11.6 Å². The lowest BCUT2D eigenvalue weighted by Gasteiger charge is -2.30. The second-order valence-corrected chi connectivity index (χ2v) is 3.90. The molecule has 2 rings (SSSR count). The SMILES string of the molecule is Fc1cc(F)cc(C2(F)CCCNC2)c1. The summed E-state index contributed by atoms with van der Waals surface area (Å²) in [6, 6.07) is 2.88. The summed E-state index contributed by atoms with van der Waals surface area (Å²) in [5, 5.41) is 2.89. The van der Waals surface area contributed by atoms with E-state index in [1.165, 1.54) is 0 Å². The number of alkyl halides is 1. The Balaban J connectivity index is 2.34. The Labute approximate surface area is 86.3 Å². The first-order valence-electron chi connectivity index (χ1n) is 4.96. The van der Waals surface area contributed by atoms with Crippen LogP contribution in [0.4, 0.5) is 13.2 Å². The summed E-state index contributed by atoms with van der Waals surface area (Å²) < 4.78 is 40.1. The van der Waals surface area contributed by atoms with Crippen LogP contribution >= 0.6 is 0 Å². The van der Waals surface area contributed by atoms with Crippen molar-refractivity contribution in [1.29, 1.82) is 0 Å². The van der Waals surface area contributed by atoms with Crippen molar-refractivity contribution in [3.05, 3.63) is 35.4 Å². The van der Waals surface area contributed by atoms with Gasteiger partial charge in [-0.25, -0.2) is 13.2 Å². The zero-order chi connectivity index (χ0) is 10.9. The van der Waals surface area contributed by atoms with E-state index < -0.39 is 17.3 Å². The van der Waals surface area contributed by atoms with Crippen molar-refractivity contribution in [2.45, 2.75) is 18.5 Å². The Morgan fingerprint density at radius 3 is 2.33 bits per heavy atom. The molecule has 0 amide bonds. The third kappa shape index (κ3) is 2.15. The number of halogens is 3. The molecule has 1 saturated heterocycles. The van der Waals surface area contributed by atoms with Crippen molar-refractivity contribution >= 4 is 0 Å². The molecular weight excluding hydrogens is 203 g/mol. The van der Waals surface area contributed by atoms with Gasteiger partial charge in [-0.1, -0.05) is 0 Å². The van der Waals surface area contributed by atoms with Gasteiger partial charge < -0.3 is 5.32 Å². The van der Waals surface area contributed by atoms with Gasteiger partial charge in [-0.05, 0) is 37.1 Å². The van der Waals surface area contributed by atoms with Crippen molar-refractivity contribution < 1.29 is 13.2 Å². The highest BCUT2D eigenvalue weighted by molar-refractivity contribution is 5.25. The minimum absolute atomic E-state index is 0.0900. The van der Waals surface area contributed by atoms with Crippen LogP contribution in [-0.4, -0.2) is 13.1 Å². The van der Waals surface area contributed by atoms with Gasteiger partial charge in [0, 0.05) is 12.6 Å². The average molecular weight is 215 g/mol. The maximum absolute atomic E-state index is 14.3. The highest BCUT2D eigenvalue weighted by atomic mass is 19.1. The van der Waals surface area contributed by atoms with E-state index in [1.54, 1.807) is 0 Å². The predicted molar refractivity (Wildman–Crippen MR) is 51.2 cm³/mol. The summed E-state index contributed by atoms with van der Waals surface area (Å²) in [6.07, 6.45) is 0.984. The lowest BCUT2D eigenvalue weighted by atomic mass is 9.88. The molecule has 1 fully saturated rings. The third-order valence-corrected chi connectivity index (χ3v) is 2.71. The van der Waals surface area contributed by atoms with E-state index in [-0.39, 0.29) is 12.1 Å². The van der Waals surface area contributed by atoms with Gasteiger partial charge in [-0.3, -0.25) is 0 Å². The van der Waals surface area contributed by atoms with E-state index in [0.717, 1.165) is 24.7 Å². The smallest absolute Gasteiger partial charge is 0.148 e. The Morgan fingerprint density at radius 2 is 1.80 bits per heavy atom. The van der Waals surface area contributed by atoms with Gasteiger partial charge in [-0.2, -0.15) is 0 Å². The quantitative estimate of drug-likeness (QED) is 0.759. The molecule has 1 unspecified atom stereocenters. The zero-order valence-electron chi connectivity index (χ0n) is 8.19. The molecule has 1 N–H and O–H groups in total. The number of piperidine rings is 1. The second kappa shape index (κ2) is 3.85. The van der Waals surface area contributed by atoms with E-state index in [0.29, 0.717) is 12.8 Å². The predicted octanol–water partition coefficient (Wildman–Crippen LogP) is 2.51. The standard InChI is InChI=1S/C11H12F3N/c12-9-4-8(5-10(13)6-9)11(14)2-1-3-15-7-11/h4-6,15H,1-3,7H2. The van der Waals surface area contributed by atoms with Gasteiger partial charge in [0.1, 0.15) is 17.3 Å². The van der Waals surface area contributed by atoms with Crippen LogP contribution in [0.15, 0.2) is 18.2 Å². The largest absolute Gasteiger partial charge is 0.313 e. The van der Waals surface area contributed by atoms with Crippen LogP contribution in [0.1, 0.15) is 18.4 Å². The topological polar surface area (TPSA) is 12.0 Å². The highest BCUT2D eigenvalue weighted by Gasteiger charge is 2.34. The monoisotopic (exact) mass is 215 g/mol. The summed E-state index contributed by atoms with van der Waals surface area (Å²) >= 11 is 0. The summed E-state index contributed by atoms with van der Waals surface area (Å²) in [5.74, 6) is -1.46. The van der Waals surface area contributed by atoms with Crippen LogP contribution in [0.2, 0.25) is 0 Å². The number of rotatable bonds is 1. The van der Waals surface area contributed by atoms with Crippen LogP contribution in [-0.2, 0) is 5.67 Å². The second-order valence-electron chi connectivity index (χ2n) is 3.90. The lowest BCUT2D eigenvalue weighted by molar-refractivity contribution is 0.121. The molecular formula is C11H12F3N. The summed E-state index contributed by atoms with van der Waals surface area (Å²) in [6.45, 7) is 0.874.